The third-order valence-corrected chi connectivity index (χ3v) is 34.4. The Morgan fingerprint density at radius 2 is 1.41 bits per heavy atom. The van der Waals surface area contributed by atoms with Crippen LogP contribution in [0, 0.1) is 16.7 Å². The lowest BCUT2D eigenvalue weighted by atomic mass is 9.44. The van der Waals surface area contributed by atoms with E-state index in [0.717, 1.165) is 36.5 Å². The van der Waals surface area contributed by atoms with Crippen LogP contribution in [-0.4, -0.2) is 114 Å². The molecular formula is C64H97NO13Si3. The van der Waals surface area contributed by atoms with Crippen molar-refractivity contribution in [2.45, 2.75) is 250 Å². The maximum atomic E-state index is 17.3. The number of carbonyl (C=O) groups excluding carboxylic acids is 5. The monoisotopic (exact) mass is 1170 g/mol. The molecule has 1 amide bonds. The number of hydrogen-bond donors (Lipinski definition) is 2. The zero-order valence-corrected chi connectivity index (χ0v) is 54.7. The van der Waals surface area contributed by atoms with Gasteiger partial charge in [0.05, 0.1) is 35.6 Å². The lowest BCUT2D eigenvalue weighted by molar-refractivity contribution is -0.344. The Morgan fingerprint density at radius 1 is 0.802 bits per heavy atom. The lowest BCUT2D eigenvalue weighted by Gasteiger charge is -2.68. The number of hydrogen-bond acceptors (Lipinski definition) is 13. The summed E-state index contributed by atoms with van der Waals surface area (Å²) in [4.78, 5) is 76.8. The molecule has 0 unspecified atom stereocenters. The zero-order chi connectivity index (χ0) is 59.7. The standard InChI is InChI=1S/C64H97NO13Si3/c1-17-80(18-2,19-3)76-48-39-49-63(41-72-49,75-43(8)66)55-57-64(71)40-47(42(7)51(61(64,12)13)53(56(68)62(48,55)14)78-81(20-4,21-5)22-6)73-59(70)54(77-79(15,16)60(9,10)11)52(45-32-28-26-29-33-45)65-50(67)34-30-25-23-24-27-31-44-35-37-46(38-36-44)58(69)74-57/h24,26-29,32-33,35-38,47-49,52-55,57,71H,17-23,25,30-31,34,39-41H2,1-16H3,(H,65,67)/b27-24+/t47-,48-,49+,52-,53+,54+,55-,57-,62+,63-,64+/m0/s1. The number of rotatable bonds is 14. The van der Waals surface area contributed by atoms with Gasteiger partial charge in [0.15, 0.2) is 42.4 Å². The number of fused-ring (bicyclic) bond motifs is 18. The van der Waals surface area contributed by atoms with Crippen molar-refractivity contribution in [2.24, 2.45) is 16.7 Å². The van der Waals surface area contributed by atoms with Crippen LogP contribution < -0.4 is 5.32 Å². The number of benzene rings is 2. The normalized spacial score (nSPS) is 32.0. The summed E-state index contributed by atoms with van der Waals surface area (Å²) < 4.78 is 49.6. The van der Waals surface area contributed by atoms with Crippen molar-refractivity contribution >= 4 is 54.6 Å². The maximum absolute atomic E-state index is 17.3. The molecule has 81 heavy (non-hydrogen) atoms. The summed E-state index contributed by atoms with van der Waals surface area (Å²) in [5.74, 6) is -4.05. The molecule has 3 fully saturated rings. The highest BCUT2D eigenvalue weighted by atomic mass is 28.4. The number of aliphatic hydroxyl groups is 1. The van der Waals surface area contributed by atoms with Crippen molar-refractivity contribution in [2.75, 3.05) is 6.61 Å². The van der Waals surface area contributed by atoms with Gasteiger partial charge in [0.25, 0.3) is 0 Å². The van der Waals surface area contributed by atoms with E-state index >= 15 is 14.4 Å². The molecule has 8 rings (SSSR count). The number of esters is 3. The molecule has 1 saturated heterocycles. The molecule has 6 aliphatic rings. The summed E-state index contributed by atoms with van der Waals surface area (Å²) >= 11 is 0. The average molecular weight is 1170 g/mol. The highest BCUT2D eigenvalue weighted by Crippen LogP contribution is 2.66. The first-order chi connectivity index (χ1) is 38.0. The SMILES string of the molecule is CC[Si](CC)(CC)O[C@H]1C(=O)[C@]2(C)[C@@H](O[Si](CC)(CC)CC)C[C@H]3OC[C@@]3(OC(C)=O)[C@H]2[C@@H]2OC(=O)c3ccc(cc3)C/C=C/CCCCC(=O)N[C@@H](c3ccccc3)[C@@H](O[Si](C)(C)C(C)(C)C)C(=O)O[C@H]3C[C@]2(O)C(C)(C)C1=C3C. The molecule has 3 heterocycles. The second kappa shape index (κ2) is 24.9. The Morgan fingerprint density at radius 3 is 1.96 bits per heavy atom. The molecule has 0 aromatic heterocycles. The summed E-state index contributed by atoms with van der Waals surface area (Å²) in [5, 5.41) is 17.7. The van der Waals surface area contributed by atoms with Gasteiger partial charge in [0, 0.05) is 31.6 Å². The summed E-state index contributed by atoms with van der Waals surface area (Å²) in [6.45, 7) is 31.6. The zero-order valence-electron chi connectivity index (χ0n) is 51.7. The minimum absolute atomic E-state index is 0.148. The number of ether oxygens (including phenoxy) is 4. The summed E-state index contributed by atoms with van der Waals surface area (Å²) in [5.41, 5.74) is -4.19. The van der Waals surface area contributed by atoms with Gasteiger partial charge in [-0.1, -0.05) is 131 Å². The van der Waals surface area contributed by atoms with E-state index in [9.17, 15) is 14.7 Å². The van der Waals surface area contributed by atoms with Gasteiger partial charge in [0.1, 0.15) is 30.0 Å². The van der Waals surface area contributed by atoms with Gasteiger partial charge in [-0.2, -0.15) is 0 Å². The molecule has 2 aromatic rings. The molecule has 5 bridgehead atoms. The van der Waals surface area contributed by atoms with E-state index in [4.69, 9.17) is 32.2 Å². The second-order valence-electron chi connectivity index (χ2n) is 26.3. The number of carbonyl (C=O) groups is 5. The van der Waals surface area contributed by atoms with Crippen LogP contribution in [0.15, 0.2) is 77.9 Å². The van der Waals surface area contributed by atoms with Gasteiger partial charge in [0.2, 0.25) is 5.91 Å². The number of Topliss-reactive ketones (excluding diaryl/α,β-unsaturated/α-hetero) is 1. The van der Waals surface area contributed by atoms with Gasteiger partial charge in [-0.25, -0.2) is 9.59 Å². The van der Waals surface area contributed by atoms with Crippen molar-refractivity contribution in [1.82, 2.24) is 5.32 Å². The van der Waals surface area contributed by atoms with Crippen LogP contribution in [0.2, 0.25) is 54.4 Å². The van der Waals surface area contributed by atoms with Crippen LogP contribution in [0.4, 0.5) is 0 Å². The third-order valence-electron chi connectivity index (χ3n) is 20.7. The van der Waals surface area contributed by atoms with Crippen molar-refractivity contribution < 1.29 is 61.3 Å². The Bertz CT molecular complexity index is 2640. The molecule has 17 heteroatoms. The van der Waals surface area contributed by atoms with Crippen LogP contribution >= 0.6 is 0 Å². The fourth-order valence-corrected chi connectivity index (χ4v) is 20.7. The number of amides is 1. The molecule has 0 spiro atoms. The lowest BCUT2D eigenvalue weighted by Crippen LogP contribution is -2.82. The first-order valence-electron chi connectivity index (χ1n) is 30.4. The fourth-order valence-electron chi connectivity index (χ4n) is 13.8. The Labute approximate surface area is 487 Å². The van der Waals surface area contributed by atoms with Gasteiger partial charge >= 0.3 is 17.9 Å². The average Bonchev–Trinajstić information content (AvgIpc) is 3.32. The van der Waals surface area contributed by atoms with Crippen LogP contribution in [-0.2, 0) is 57.8 Å². The highest BCUT2D eigenvalue weighted by Gasteiger charge is 2.79. The Balaban J connectivity index is 1.57. The molecule has 0 radical (unpaired) electrons. The van der Waals surface area contributed by atoms with Crippen molar-refractivity contribution in [3.05, 3.63) is 94.6 Å². The number of nitrogens with one attached hydrogen (secondary N) is 1. The molecule has 3 aliphatic carbocycles. The second-order valence-corrected chi connectivity index (χ2v) is 40.5. The minimum atomic E-state index is -2.88. The molecular weight excluding hydrogens is 1070 g/mol. The van der Waals surface area contributed by atoms with Crippen molar-refractivity contribution in [3.8, 4) is 0 Å². The first kappa shape index (κ1) is 64.5. The number of ketones is 1. The van der Waals surface area contributed by atoms with E-state index in [1.165, 1.54) is 6.92 Å². The maximum Gasteiger partial charge on any atom is 0.338 e. The van der Waals surface area contributed by atoms with Crippen LogP contribution in [0.5, 0.6) is 0 Å². The van der Waals surface area contributed by atoms with Gasteiger partial charge in [-0.3, -0.25) is 14.4 Å². The highest BCUT2D eigenvalue weighted by molar-refractivity contribution is 6.74. The predicted octanol–water partition coefficient (Wildman–Crippen LogP) is 12.6. The van der Waals surface area contributed by atoms with E-state index in [-0.39, 0.29) is 48.2 Å². The van der Waals surface area contributed by atoms with Crippen LogP contribution in [0.3, 0.4) is 0 Å². The van der Waals surface area contributed by atoms with E-state index in [2.05, 4.69) is 79.8 Å². The van der Waals surface area contributed by atoms with E-state index in [1.54, 1.807) is 12.1 Å². The summed E-state index contributed by atoms with van der Waals surface area (Å²) in [6, 6.07) is 19.8. The van der Waals surface area contributed by atoms with Crippen molar-refractivity contribution in [3.63, 3.8) is 0 Å². The van der Waals surface area contributed by atoms with E-state index < -0.39 is 113 Å². The molecule has 14 nitrogen and oxygen atoms in total. The quantitative estimate of drug-likeness (QED) is 0.0790. The van der Waals surface area contributed by atoms with Crippen LogP contribution in [0.25, 0.3) is 0 Å². The van der Waals surface area contributed by atoms with Gasteiger partial charge < -0.3 is 42.6 Å². The largest absolute Gasteiger partial charge is 0.456 e. The van der Waals surface area contributed by atoms with Gasteiger partial charge in [-0.05, 0) is 128 Å². The number of allylic oxidation sites excluding steroid dienone is 2. The predicted molar refractivity (Wildman–Crippen MR) is 322 cm³/mol. The minimum Gasteiger partial charge on any atom is -0.456 e. The fraction of sp³-hybridized carbons (Fsp3) is 0.672. The molecule has 448 valence electrons. The first-order valence-corrected chi connectivity index (χ1v) is 38.3. The smallest absolute Gasteiger partial charge is 0.338 e. The van der Waals surface area contributed by atoms with Crippen LogP contribution in [0.1, 0.15) is 163 Å². The molecule has 3 aliphatic heterocycles. The molecule has 2 saturated carbocycles. The Kier molecular flexibility index (Phi) is 19.8. The molecule has 2 N–H and O–H groups in total. The Hall–Kier alpha value is -4.08. The van der Waals surface area contributed by atoms with Gasteiger partial charge in [-0.15, -0.1) is 0 Å². The summed E-state index contributed by atoms with van der Waals surface area (Å²) in [7, 11) is -8.32. The van der Waals surface area contributed by atoms with E-state index in [0.29, 0.717) is 47.7 Å². The molecule has 2 aromatic carbocycles. The van der Waals surface area contributed by atoms with Crippen molar-refractivity contribution in [1.29, 1.82) is 0 Å². The topological polar surface area (TPSA) is 182 Å². The third kappa shape index (κ3) is 12.1. The molecule has 11 atom stereocenters. The van der Waals surface area contributed by atoms with E-state index in [1.807, 2.05) is 83.3 Å². The summed E-state index contributed by atoms with van der Waals surface area (Å²) in [6.07, 6.45) is -0.308.